The van der Waals surface area contributed by atoms with E-state index in [9.17, 15) is 17.6 Å². The number of nitrogens with one attached hydrogen (secondary N) is 1. The molecule has 2 aromatic heterocycles. The highest BCUT2D eigenvalue weighted by atomic mass is 32.2. The predicted octanol–water partition coefficient (Wildman–Crippen LogP) is 3.66. The maximum Gasteiger partial charge on any atom is 0.240 e. The van der Waals surface area contributed by atoms with E-state index in [-0.39, 0.29) is 17.2 Å². The van der Waals surface area contributed by atoms with Gasteiger partial charge in [-0.3, -0.25) is 4.79 Å². The Morgan fingerprint density at radius 1 is 1.17 bits per heavy atom. The number of benzene rings is 1. The molecular weight excluding hydrogens is 369 g/mol. The predicted molar refractivity (Wildman–Crippen MR) is 92.5 cm³/mol. The van der Waals surface area contributed by atoms with Gasteiger partial charge in [0.2, 0.25) is 15.8 Å². The number of hydrogen-bond donors (Lipinski definition) is 1. The highest BCUT2D eigenvalue weighted by Gasteiger charge is 2.16. The van der Waals surface area contributed by atoms with Crippen molar-refractivity contribution in [1.29, 1.82) is 0 Å². The SMILES string of the molecule is O=C(c1ccsc1)c1ccc(CNS(=O)(=O)c2cccc(F)c2)s1. The molecule has 1 N–H and O–H groups in total. The molecule has 0 radical (unpaired) electrons. The Hall–Kier alpha value is -1.87. The summed E-state index contributed by atoms with van der Waals surface area (Å²) in [7, 11) is -3.80. The van der Waals surface area contributed by atoms with Gasteiger partial charge in [0.1, 0.15) is 5.82 Å². The number of carbonyl (C=O) groups excluding carboxylic acids is 1. The minimum Gasteiger partial charge on any atom is -0.288 e. The maximum absolute atomic E-state index is 13.2. The van der Waals surface area contributed by atoms with Crippen LogP contribution in [0, 0.1) is 5.82 Å². The van der Waals surface area contributed by atoms with E-state index in [1.807, 2.05) is 5.38 Å². The standard InChI is InChI=1S/C16H12FNO3S3/c17-12-2-1-3-14(8-12)24(20,21)18-9-13-4-5-15(23-13)16(19)11-6-7-22-10-11/h1-8,10,18H,9H2. The molecule has 3 rings (SSSR count). The molecule has 2 heterocycles. The normalized spacial score (nSPS) is 11.5. The van der Waals surface area contributed by atoms with Crippen molar-refractivity contribution in [1.82, 2.24) is 4.72 Å². The molecule has 0 unspecified atom stereocenters. The Balaban J connectivity index is 1.70. The third kappa shape index (κ3) is 3.78. The quantitative estimate of drug-likeness (QED) is 0.663. The van der Waals surface area contributed by atoms with E-state index in [1.165, 1.54) is 40.9 Å². The van der Waals surface area contributed by atoms with E-state index < -0.39 is 15.8 Å². The molecular formula is C16H12FNO3S3. The van der Waals surface area contributed by atoms with E-state index >= 15 is 0 Å². The van der Waals surface area contributed by atoms with Crippen molar-refractivity contribution in [2.24, 2.45) is 0 Å². The van der Waals surface area contributed by atoms with Gasteiger partial charge in [0.15, 0.2) is 0 Å². The number of halogens is 1. The molecule has 1 aromatic carbocycles. The number of ketones is 1. The van der Waals surface area contributed by atoms with Crippen molar-refractivity contribution in [3.8, 4) is 0 Å². The number of carbonyl (C=O) groups is 1. The van der Waals surface area contributed by atoms with Crippen LogP contribution in [0.3, 0.4) is 0 Å². The zero-order valence-corrected chi connectivity index (χ0v) is 14.7. The molecule has 0 spiro atoms. The molecule has 0 aliphatic carbocycles. The summed E-state index contributed by atoms with van der Waals surface area (Å²) in [6.07, 6.45) is 0. The summed E-state index contributed by atoms with van der Waals surface area (Å²) in [6.45, 7) is 0.0421. The van der Waals surface area contributed by atoms with Crippen LogP contribution in [0.2, 0.25) is 0 Å². The monoisotopic (exact) mass is 381 g/mol. The lowest BCUT2D eigenvalue weighted by Gasteiger charge is -2.05. The molecule has 0 aliphatic heterocycles. The van der Waals surface area contributed by atoms with E-state index in [0.29, 0.717) is 15.3 Å². The van der Waals surface area contributed by atoms with Gasteiger partial charge in [-0.05, 0) is 41.8 Å². The smallest absolute Gasteiger partial charge is 0.240 e. The Morgan fingerprint density at radius 2 is 2.00 bits per heavy atom. The largest absolute Gasteiger partial charge is 0.288 e. The fourth-order valence-electron chi connectivity index (χ4n) is 2.01. The van der Waals surface area contributed by atoms with Crippen molar-refractivity contribution in [2.45, 2.75) is 11.4 Å². The Labute approximate surface area is 146 Å². The van der Waals surface area contributed by atoms with Crippen LogP contribution in [0.4, 0.5) is 4.39 Å². The van der Waals surface area contributed by atoms with Gasteiger partial charge >= 0.3 is 0 Å². The number of sulfonamides is 1. The van der Waals surface area contributed by atoms with Crippen molar-refractivity contribution >= 4 is 38.5 Å². The average Bonchev–Trinajstić information content (AvgIpc) is 3.24. The van der Waals surface area contributed by atoms with Gasteiger partial charge in [0, 0.05) is 22.4 Å². The van der Waals surface area contributed by atoms with Crippen LogP contribution >= 0.6 is 22.7 Å². The number of rotatable bonds is 6. The highest BCUT2D eigenvalue weighted by Crippen LogP contribution is 2.22. The van der Waals surface area contributed by atoms with E-state index in [4.69, 9.17) is 0 Å². The lowest BCUT2D eigenvalue weighted by Crippen LogP contribution is -2.22. The summed E-state index contributed by atoms with van der Waals surface area (Å²) in [5.41, 5.74) is 0.619. The highest BCUT2D eigenvalue weighted by molar-refractivity contribution is 7.89. The Bertz CT molecular complexity index is 962. The van der Waals surface area contributed by atoms with E-state index in [0.717, 1.165) is 6.07 Å². The fourth-order valence-corrected chi connectivity index (χ4v) is 4.69. The first-order valence-electron chi connectivity index (χ1n) is 6.86. The lowest BCUT2D eigenvalue weighted by molar-refractivity contribution is 0.104. The van der Waals surface area contributed by atoms with Gasteiger partial charge < -0.3 is 0 Å². The summed E-state index contributed by atoms with van der Waals surface area (Å²) in [5.74, 6) is -0.696. The van der Waals surface area contributed by atoms with Gasteiger partial charge in [-0.1, -0.05) is 6.07 Å². The molecule has 0 aliphatic rings. The van der Waals surface area contributed by atoms with Gasteiger partial charge in [-0.15, -0.1) is 11.3 Å². The summed E-state index contributed by atoms with van der Waals surface area (Å²) in [4.78, 5) is 13.3. The minimum atomic E-state index is -3.80. The molecule has 0 fully saturated rings. The van der Waals surface area contributed by atoms with Crippen LogP contribution in [0.5, 0.6) is 0 Å². The third-order valence-electron chi connectivity index (χ3n) is 3.21. The topological polar surface area (TPSA) is 63.2 Å². The van der Waals surface area contributed by atoms with Crippen molar-refractivity contribution in [3.63, 3.8) is 0 Å². The average molecular weight is 381 g/mol. The fraction of sp³-hybridized carbons (Fsp3) is 0.0625. The first kappa shape index (κ1) is 17.0. The summed E-state index contributed by atoms with van der Waals surface area (Å²) in [6, 6.07) is 9.94. The number of hydrogen-bond acceptors (Lipinski definition) is 5. The maximum atomic E-state index is 13.2. The summed E-state index contributed by atoms with van der Waals surface area (Å²) >= 11 is 2.68. The second-order valence-corrected chi connectivity index (χ2v) is 8.60. The van der Waals surface area contributed by atoms with E-state index in [1.54, 1.807) is 23.6 Å². The molecule has 8 heteroatoms. The van der Waals surface area contributed by atoms with Gasteiger partial charge in [0.25, 0.3) is 0 Å². The zero-order valence-electron chi connectivity index (χ0n) is 12.2. The van der Waals surface area contributed by atoms with E-state index in [2.05, 4.69) is 4.72 Å². The molecule has 3 aromatic rings. The third-order valence-corrected chi connectivity index (χ3v) is 6.38. The first-order chi connectivity index (χ1) is 11.5. The van der Waals surface area contributed by atoms with Crippen LogP contribution in [0.15, 0.2) is 58.1 Å². The van der Waals surface area contributed by atoms with Gasteiger partial charge in [0.05, 0.1) is 9.77 Å². The first-order valence-corrected chi connectivity index (χ1v) is 10.1. The zero-order chi connectivity index (χ0) is 17.2. The van der Waals surface area contributed by atoms with Crippen LogP contribution in [-0.2, 0) is 16.6 Å². The van der Waals surface area contributed by atoms with Crippen molar-refractivity contribution in [3.05, 3.63) is 74.4 Å². The van der Waals surface area contributed by atoms with Crippen molar-refractivity contribution in [2.75, 3.05) is 0 Å². The van der Waals surface area contributed by atoms with Crippen LogP contribution in [-0.4, -0.2) is 14.2 Å². The molecule has 0 atom stereocenters. The molecule has 0 saturated carbocycles. The van der Waals surface area contributed by atoms with Gasteiger partial charge in [-0.2, -0.15) is 11.3 Å². The lowest BCUT2D eigenvalue weighted by atomic mass is 10.2. The van der Waals surface area contributed by atoms with Crippen LogP contribution in [0.25, 0.3) is 0 Å². The Morgan fingerprint density at radius 3 is 2.71 bits per heavy atom. The van der Waals surface area contributed by atoms with Crippen molar-refractivity contribution < 1.29 is 17.6 Å². The number of thiophene rings is 2. The molecule has 4 nitrogen and oxygen atoms in total. The molecule has 0 bridgehead atoms. The minimum absolute atomic E-state index is 0.0421. The van der Waals surface area contributed by atoms with Crippen LogP contribution < -0.4 is 4.72 Å². The van der Waals surface area contributed by atoms with Crippen LogP contribution in [0.1, 0.15) is 20.1 Å². The Kier molecular flexibility index (Phi) is 4.91. The van der Waals surface area contributed by atoms with Gasteiger partial charge in [-0.25, -0.2) is 17.5 Å². The second kappa shape index (κ2) is 6.94. The molecule has 0 amide bonds. The molecule has 124 valence electrons. The second-order valence-electron chi connectivity index (χ2n) is 4.89. The molecule has 24 heavy (non-hydrogen) atoms. The summed E-state index contributed by atoms with van der Waals surface area (Å²) < 4.78 is 39.9. The molecule has 0 saturated heterocycles. The summed E-state index contributed by atoms with van der Waals surface area (Å²) in [5, 5.41) is 3.60.